The van der Waals surface area contributed by atoms with Crippen LogP contribution >= 0.6 is 0 Å². The quantitative estimate of drug-likeness (QED) is 0.875. The van der Waals surface area contributed by atoms with Crippen LogP contribution in [0.5, 0.6) is 11.6 Å². The van der Waals surface area contributed by atoms with Crippen molar-refractivity contribution in [3.63, 3.8) is 0 Å². The molecular formula is C13H14N2O2. The predicted octanol–water partition coefficient (Wildman–Crippen LogP) is 2.32. The fraction of sp³-hybridized carbons (Fsp3) is 0.231. The van der Waals surface area contributed by atoms with Gasteiger partial charge in [0.2, 0.25) is 5.88 Å². The number of aryl methyl sites for hydroxylation is 1. The van der Waals surface area contributed by atoms with Crippen molar-refractivity contribution in [2.24, 2.45) is 0 Å². The highest BCUT2D eigenvalue weighted by Crippen LogP contribution is 2.23. The summed E-state index contributed by atoms with van der Waals surface area (Å²) in [6.45, 7) is 1.97. The van der Waals surface area contributed by atoms with Gasteiger partial charge in [-0.1, -0.05) is 25.1 Å². The van der Waals surface area contributed by atoms with Gasteiger partial charge in [-0.05, 0) is 12.5 Å². The number of para-hydroxylation sites is 1. The summed E-state index contributed by atoms with van der Waals surface area (Å²) in [5.41, 5.74) is 1.67. The van der Waals surface area contributed by atoms with Gasteiger partial charge in [0.15, 0.2) is 0 Å². The second-order valence-corrected chi connectivity index (χ2v) is 3.57. The standard InChI is InChI=1S/C13H14N2O2/c1-2-11-7-13(15-9-14-11)17-12-6-4-3-5-10(12)8-16/h3-7,9,16H,2,8H2,1H3. The molecule has 0 spiro atoms. The van der Waals surface area contributed by atoms with E-state index in [-0.39, 0.29) is 6.61 Å². The molecule has 0 radical (unpaired) electrons. The molecular weight excluding hydrogens is 216 g/mol. The zero-order valence-corrected chi connectivity index (χ0v) is 9.63. The van der Waals surface area contributed by atoms with E-state index in [1.807, 2.05) is 25.1 Å². The van der Waals surface area contributed by atoms with Gasteiger partial charge in [-0.15, -0.1) is 0 Å². The van der Waals surface area contributed by atoms with E-state index in [0.29, 0.717) is 11.6 Å². The number of rotatable bonds is 4. The number of hydrogen-bond acceptors (Lipinski definition) is 4. The third-order valence-electron chi connectivity index (χ3n) is 2.42. The molecule has 4 nitrogen and oxygen atoms in total. The Bertz CT molecular complexity index is 500. The molecule has 1 N–H and O–H groups in total. The SMILES string of the molecule is CCc1cc(Oc2ccccc2CO)ncn1. The Morgan fingerprint density at radius 2 is 2.06 bits per heavy atom. The van der Waals surface area contributed by atoms with Crippen molar-refractivity contribution < 1.29 is 9.84 Å². The summed E-state index contributed by atoms with van der Waals surface area (Å²) < 4.78 is 5.63. The Labute approximate surface area is 99.9 Å². The Hall–Kier alpha value is -1.94. The minimum absolute atomic E-state index is 0.0537. The minimum atomic E-state index is -0.0537. The molecule has 1 heterocycles. The minimum Gasteiger partial charge on any atom is -0.439 e. The summed E-state index contributed by atoms with van der Waals surface area (Å²) in [6, 6.07) is 9.14. The maximum atomic E-state index is 9.18. The van der Waals surface area contributed by atoms with Gasteiger partial charge in [0.05, 0.1) is 6.61 Å². The predicted molar refractivity (Wildman–Crippen MR) is 63.8 cm³/mol. The Morgan fingerprint density at radius 1 is 1.24 bits per heavy atom. The number of hydrogen-bond donors (Lipinski definition) is 1. The highest BCUT2D eigenvalue weighted by Gasteiger charge is 2.04. The molecule has 0 saturated heterocycles. The van der Waals surface area contributed by atoms with Crippen LogP contribution in [0.4, 0.5) is 0 Å². The zero-order valence-electron chi connectivity index (χ0n) is 9.63. The van der Waals surface area contributed by atoms with Crippen molar-refractivity contribution in [2.75, 3.05) is 0 Å². The maximum Gasteiger partial charge on any atom is 0.222 e. The van der Waals surface area contributed by atoms with Crippen molar-refractivity contribution >= 4 is 0 Å². The van der Waals surface area contributed by atoms with Crippen LogP contribution in [0.25, 0.3) is 0 Å². The molecule has 0 atom stereocenters. The first-order valence-corrected chi connectivity index (χ1v) is 5.51. The van der Waals surface area contributed by atoms with Gasteiger partial charge in [0.25, 0.3) is 0 Å². The smallest absolute Gasteiger partial charge is 0.222 e. The van der Waals surface area contributed by atoms with E-state index < -0.39 is 0 Å². The third-order valence-corrected chi connectivity index (χ3v) is 2.42. The van der Waals surface area contributed by atoms with Crippen molar-refractivity contribution in [3.8, 4) is 11.6 Å². The van der Waals surface area contributed by atoms with Gasteiger partial charge in [0, 0.05) is 17.3 Å². The van der Waals surface area contributed by atoms with Crippen LogP contribution in [-0.2, 0) is 13.0 Å². The molecule has 2 rings (SSSR count). The molecule has 1 aromatic carbocycles. The van der Waals surface area contributed by atoms with Crippen molar-refractivity contribution in [1.82, 2.24) is 9.97 Å². The largest absolute Gasteiger partial charge is 0.439 e. The van der Waals surface area contributed by atoms with Gasteiger partial charge in [0.1, 0.15) is 12.1 Å². The van der Waals surface area contributed by atoms with Crippen LogP contribution in [0.1, 0.15) is 18.2 Å². The topological polar surface area (TPSA) is 55.2 Å². The molecule has 4 heteroatoms. The van der Waals surface area contributed by atoms with E-state index in [1.54, 1.807) is 12.1 Å². The molecule has 2 aromatic rings. The van der Waals surface area contributed by atoms with Crippen molar-refractivity contribution in [3.05, 3.63) is 47.9 Å². The van der Waals surface area contributed by atoms with Crippen LogP contribution in [-0.4, -0.2) is 15.1 Å². The number of benzene rings is 1. The highest BCUT2D eigenvalue weighted by molar-refractivity contribution is 5.35. The third kappa shape index (κ3) is 2.79. The number of aromatic nitrogens is 2. The summed E-state index contributed by atoms with van der Waals surface area (Å²) in [6.07, 6.45) is 2.32. The van der Waals surface area contributed by atoms with E-state index in [1.165, 1.54) is 6.33 Å². The number of ether oxygens (including phenoxy) is 1. The lowest BCUT2D eigenvalue weighted by molar-refractivity contribution is 0.276. The van der Waals surface area contributed by atoms with Crippen LogP contribution in [0, 0.1) is 0 Å². The second-order valence-electron chi connectivity index (χ2n) is 3.57. The summed E-state index contributed by atoms with van der Waals surface area (Å²) in [5, 5.41) is 9.18. The molecule has 0 fully saturated rings. The molecule has 0 unspecified atom stereocenters. The maximum absolute atomic E-state index is 9.18. The lowest BCUT2D eigenvalue weighted by Crippen LogP contribution is -1.95. The van der Waals surface area contributed by atoms with Crippen molar-refractivity contribution in [2.45, 2.75) is 20.0 Å². The summed E-state index contributed by atoms with van der Waals surface area (Å²) in [5.74, 6) is 1.12. The Morgan fingerprint density at radius 3 is 2.82 bits per heavy atom. The van der Waals surface area contributed by atoms with Gasteiger partial charge in [-0.2, -0.15) is 0 Å². The van der Waals surface area contributed by atoms with Crippen LogP contribution in [0.2, 0.25) is 0 Å². The lowest BCUT2D eigenvalue weighted by Gasteiger charge is -2.08. The Kier molecular flexibility index (Phi) is 3.67. The molecule has 0 aliphatic carbocycles. The summed E-state index contributed by atoms with van der Waals surface area (Å²) in [7, 11) is 0. The van der Waals surface area contributed by atoms with Crippen molar-refractivity contribution in [1.29, 1.82) is 0 Å². The average Bonchev–Trinajstić information content (AvgIpc) is 2.39. The van der Waals surface area contributed by atoms with E-state index >= 15 is 0 Å². The zero-order chi connectivity index (χ0) is 12.1. The molecule has 1 aromatic heterocycles. The first-order chi connectivity index (χ1) is 8.33. The van der Waals surface area contributed by atoms with Gasteiger partial charge in [-0.25, -0.2) is 9.97 Å². The fourth-order valence-electron chi connectivity index (χ4n) is 1.47. The molecule has 0 bridgehead atoms. The molecule has 88 valence electrons. The van der Waals surface area contributed by atoms with E-state index in [0.717, 1.165) is 17.7 Å². The summed E-state index contributed by atoms with van der Waals surface area (Å²) >= 11 is 0. The molecule has 17 heavy (non-hydrogen) atoms. The summed E-state index contributed by atoms with van der Waals surface area (Å²) in [4.78, 5) is 8.14. The van der Waals surface area contributed by atoms with E-state index in [4.69, 9.17) is 4.74 Å². The number of aliphatic hydroxyl groups is 1. The van der Waals surface area contributed by atoms with Gasteiger partial charge in [-0.3, -0.25) is 0 Å². The first kappa shape index (κ1) is 11.5. The molecule has 0 saturated carbocycles. The monoisotopic (exact) mass is 230 g/mol. The number of nitrogens with zero attached hydrogens (tertiary/aromatic N) is 2. The Balaban J connectivity index is 2.24. The fourth-order valence-corrected chi connectivity index (χ4v) is 1.47. The molecule has 0 amide bonds. The highest BCUT2D eigenvalue weighted by atomic mass is 16.5. The van der Waals surface area contributed by atoms with Gasteiger partial charge < -0.3 is 9.84 Å². The van der Waals surface area contributed by atoms with Gasteiger partial charge >= 0.3 is 0 Å². The van der Waals surface area contributed by atoms with Crippen LogP contribution in [0.3, 0.4) is 0 Å². The molecule has 0 aliphatic rings. The molecule has 0 aliphatic heterocycles. The van der Waals surface area contributed by atoms with Crippen LogP contribution < -0.4 is 4.74 Å². The van der Waals surface area contributed by atoms with Crippen LogP contribution in [0.15, 0.2) is 36.7 Å². The first-order valence-electron chi connectivity index (χ1n) is 5.51. The number of aliphatic hydroxyl groups excluding tert-OH is 1. The lowest BCUT2D eigenvalue weighted by atomic mass is 10.2. The van der Waals surface area contributed by atoms with E-state index in [9.17, 15) is 5.11 Å². The van der Waals surface area contributed by atoms with E-state index in [2.05, 4.69) is 9.97 Å². The normalized spacial score (nSPS) is 10.2. The average molecular weight is 230 g/mol. The second kappa shape index (κ2) is 5.41.